The Balaban J connectivity index is 2.05. The van der Waals surface area contributed by atoms with Crippen LogP contribution in [-0.2, 0) is 6.54 Å². The van der Waals surface area contributed by atoms with Gasteiger partial charge in [0.1, 0.15) is 5.01 Å². The molecule has 0 bridgehead atoms. The maximum Gasteiger partial charge on any atom is 0.107 e. The molecular weight excluding hydrogens is 230 g/mol. The third-order valence-corrected chi connectivity index (χ3v) is 3.76. The van der Waals surface area contributed by atoms with E-state index in [9.17, 15) is 0 Å². The van der Waals surface area contributed by atoms with Crippen molar-refractivity contribution in [2.45, 2.75) is 52.6 Å². The van der Waals surface area contributed by atoms with Crippen LogP contribution in [0.25, 0.3) is 0 Å². The first-order valence-corrected chi connectivity index (χ1v) is 7.33. The SMILES string of the molecule is Cc1csc(CNCC(C)CCCC(C)N)n1. The van der Waals surface area contributed by atoms with Crippen LogP contribution in [0.2, 0.25) is 0 Å². The Morgan fingerprint density at radius 2 is 2.18 bits per heavy atom. The van der Waals surface area contributed by atoms with E-state index in [1.807, 2.05) is 6.92 Å². The van der Waals surface area contributed by atoms with Gasteiger partial charge < -0.3 is 11.1 Å². The fourth-order valence-electron chi connectivity index (χ4n) is 1.80. The maximum atomic E-state index is 5.73. The normalized spacial score (nSPS) is 14.8. The number of aryl methyl sites for hydroxylation is 1. The van der Waals surface area contributed by atoms with Gasteiger partial charge in [-0.1, -0.05) is 13.3 Å². The maximum absolute atomic E-state index is 5.73. The molecule has 3 nitrogen and oxygen atoms in total. The van der Waals surface area contributed by atoms with Crippen LogP contribution in [0.1, 0.15) is 43.8 Å². The Morgan fingerprint density at radius 1 is 1.41 bits per heavy atom. The van der Waals surface area contributed by atoms with Gasteiger partial charge in [0.05, 0.1) is 0 Å². The highest BCUT2D eigenvalue weighted by molar-refractivity contribution is 7.09. The van der Waals surface area contributed by atoms with Crippen molar-refractivity contribution in [1.82, 2.24) is 10.3 Å². The summed E-state index contributed by atoms with van der Waals surface area (Å²) >= 11 is 1.73. The van der Waals surface area contributed by atoms with Gasteiger partial charge in [-0.25, -0.2) is 4.98 Å². The predicted octanol–water partition coefficient (Wildman–Crippen LogP) is 2.69. The number of nitrogens with two attached hydrogens (primary N) is 1. The van der Waals surface area contributed by atoms with E-state index in [1.165, 1.54) is 17.8 Å². The van der Waals surface area contributed by atoms with E-state index in [1.54, 1.807) is 11.3 Å². The molecule has 1 heterocycles. The number of rotatable bonds is 8. The average Bonchev–Trinajstić information content (AvgIpc) is 2.63. The monoisotopic (exact) mass is 255 g/mol. The van der Waals surface area contributed by atoms with Crippen molar-refractivity contribution in [1.29, 1.82) is 0 Å². The summed E-state index contributed by atoms with van der Waals surface area (Å²) in [6, 6.07) is 0.341. The van der Waals surface area contributed by atoms with Crippen LogP contribution in [-0.4, -0.2) is 17.6 Å². The Bertz CT molecular complexity index is 309. The van der Waals surface area contributed by atoms with Crippen LogP contribution in [0, 0.1) is 12.8 Å². The molecule has 2 atom stereocenters. The zero-order chi connectivity index (χ0) is 12.7. The highest BCUT2D eigenvalue weighted by Crippen LogP contribution is 2.10. The summed E-state index contributed by atoms with van der Waals surface area (Å²) < 4.78 is 0. The number of thiazole rings is 1. The molecule has 98 valence electrons. The fourth-order valence-corrected chi connectivity index (χ4v) is 2.54. The van der Waals surface area contributed by atoms with Gasteiger partial charge in [-0.3, -0.25) is 0 Å². The lowest BCUT2D eigenvalue weighted by atomic mass is 10.0. The Morgan fingerprint density at radius 3 is 2.76 bits per heavy atom. The molecule has 2 unspecified atom stereocenters. The van der Waals surface area contributed by atoms with Crippen molar-refractivity contribution in [2.75, 3.05) is 6.54 Å². The molecule has 1 aromatic rings. The lowest BCUT2D eigenvalue weighted by Crippen LogP contribution is -2.21. The largest absolute Gasteiger partial charge is 0.328 e. The first-order chi connectivity index (χ1) is 8.08. The van der Waals surface area contributed by atoms with Gasteiger partial charge in [-0.15, -0.1) is 11.3 Å². The number of nitrogens with one attached hydrogen (secondary N) is 1. The van der Waals surface area contributed by atoms with E-state index in [4.69, 9.17) is 5.73 Å². The molecule has 0 radical (unpaired) electrons. The summed E-state index contributed by atoms with van der Waals surface area (Å²) in [6.45, 7) is 8.37. The lowest BCUT2D eigenvalue weighted by Gasteiger charge is -2.12. The molecule has 17 heavy (non-hydrogen) atoms. The minimum Gasteiger partial charge on any atom is -0.328 e. The van der Waals surface area contributed by atoms with Gasteiger partial charge in [0.2, 0.25) is 0 Å². The van der Waals surface area contributed by atoms with Crippen molar-refractivity contribution in [3.63, 3.8) is 0 Å². The van der Waals surface area contributed by atoms with Gasteiger partial charge >= 0.3 is 0 Å². The first kappa shape index (κ1) is 14.6. The summed E-state index contributed by atoms with van der Waals surface area (Å²) in [4.78, 5) is 4.43. The van der Waals surface area contributed by atoms with Crippen molar-refractivity contribution in [3.05, 3.63) is 16.1 Å². The number of hydrogen-bond donors (Lipinski definition) is 2. The molecule has 4 heteroatoms. The van der Waals surface area contributed by atoms with E-state index in [0.717, 1.165) is 31.1 Å². The zero-order valence-electron chi connectivity index (χ0n) is 11.2. The minimum absolute atomic E-state index is 0.341. The molecule has 0 aliphatic rings. The van der Waals surface area contributed by atoms with E-state index in [-0.39, 0.29) is 0 Å². The zero-order valence-corrected chi connectivity index (χ0v) is 12.0. The molecule has 0 amide bonds. The molecule has 0 saturated heterocycles. The Hall–Kier alpha value is -0.450. The minimum atomic E-state index is 0.341. The van der Waals surface area contributed by atoms with Crippen molar-refractivity contribution < 1.29 is 0 Å². The summed E-state index contributed by atoms with van der Waals surface area (Å²) in [6.07, 6.45) is 3.62. The van der Waals surface area contributed by atoms with Crippen molar-refractivity contribution >= 4 is 11.3 Å². The van der Waals surface area contributed by atoms with Crippen LogP contribution in [0.5, 0.6) is 0 Å². The molecule has 1 aromatic heterocycles. The summed E-state index contributed by atoms with van der Waals surface area (Å²) in [5, 5.41) is 6.76. The van der Waals surface area contributed by atoms with E-state index in [2.05, 4.69) is 29.5 Å². The third-order valence-electron chi connectivity index (χ3n) is 2.79. The van der Waals surface area contributed by atoms with Crippen molar-refractivity contribution in [2.24, 2.45) is 11.7 Å². The second-order valence-corrected chi connectivity index (χ2v) is 5.97. The van der Waals surface area contributed by atoms with Gasteiger partial charge in [0.25, 0.3) is 0 Å². The van der Waals surface area contributed by atoms with Gasteiger partial charge in [-0.05, 0) is 39.2 Å². The second-order valence-electron chi connectivity index (χ2n) is 5.03. The Kier molecular flexibility index (Phi) is 6.70. The number of aromatic nitrogens is 1. The molecular formula is C13H25N3S. The highest BCUT2D eigenvalue weighted by atomic mass is 32.1. The van der Waals surface area contributed by atoms with E-state index >= 15 is 0 Å². The molecule has 0 spiro atoms. The lowest BCUT2D eigenvalue weighted by molar-refractivity contribution is 0.448. The third kappa shape index (κ3) is 6.76. The van der Waals surface area contributed by atoms with E-state index in [0.29, 0.717) is 6.04 Å². The first-order valence-electron chi connectivity index (χ1n) is 6.45. The summed E-state index contributed by atoms with van der Waals surface area (Å²) in [7, 11) is 0. The number of hydrogen-bond acceptors (Lipinski definition) is 4. The van der Waals surface area contributed by atoms with Gasteiger partial charge in [0, 0.05) is 23.7 Å². The van der Waals surface area contributed by atoms with Crippen LogP contribution < -0.4 is 11.1 Å². The van der Waals surface area contributed by atoms with Crippen LogP contribution in [0.3, 0.4) is 0 Å². The molecule has 0 aliphatic carbocycles. The molecule has 0 saturated carbocycles. The summed E-state index contributed by atoms with van der Waals surface area (Å²) in [5.41, 5.74) is 6.86. The summed E-state index contributed by atoms with van der Waals surface area (Å²) in [5.74, 6) is 0.717. The van der Waals surface area contributed by atoms with Crippen molar-refractivity contribution in [3.8, 4) is 0 Å². The molecule has 0 aromatic carbocycles. The smallest absolute Gasteiger partial charge is 0.107 e. The quantitative estimate of drug-likeness (QED) is 0.751. The topological polar surface area (TPSA) is 50.9 Å². The van der Waals surface area contributed by atoms with E-state index < -0.39 is 0 Å². The fraction of sp³-hybridized carbons (Fsp3) is 0.769. The average molecular weight is 255 g/mol. The van der Waals surface area contributed by atoms with Crippen LogP contribution >= 0.6 is 11.3 Å². The standard InChI is InChI=1S/C13H25N3S/c1-10(5-4-6-11(2)14)7-15-8-13-16-12(3)9-17-13/h9-11,15H,4-8,14H2,1-3H3. The van der Waals surface area contributed by atoms with Crippen LogP contribution in [0.15, 0.2) is 5.38 Å². The van der Waals surface area contributed by atoms with Crippen LogP contribution in [0.4, 0.5) is 0 Å². The number of nitrogens with zero attached hydrogens (tertiary/aromatic N) is 1. The molecule has 0 aliphatic heterocycles. The molecule has 1 rings (SSSR count). The molecule has 3 N–H and O–H groups in total. The second kappa shape index (κ2) is 7.80. The predicted molar refractivity (Wildman–Crippen MR) is 75.2 cm³/mol. The van der Waals surface area contributed by atoms with Gasteiger partial charge in [-0.2, -0.15) is 0 Å². The molecule has 0 fully saturated rings. The Labute approximate surface area is 109 Å². The van der Waals surface area contributed by atoms with Gasteiger partial charge in [0.15, 0.2) is 0 Å². The highest BCUT2D eigenvalue weighted by Gasteiger charge is 2.04.